The van der Waals surface area contributed by atoms with Crippen molar-refractivity contribution in [3.8, 4) is 0 Å². The fourth-order valence-electron chi connectivity index (χ4n) is 2.27. The number of rotatable bonds is 6. The lowest BCUT2D eigenvalue weighted by molar-refractivity contribution is -0.131. The molecule has 1 aliphatic heterocycles. The van der Waals surface area contributed by atoms with Crippen molar-refractivity contribution in [1.82, 2.24) is 15.1 Å². The molecule has 1 saturated heterocycles. The highest BCUT2D eigenvalue weighted by atomic mass is 16.3. The number of aliphatic hydroxyl groups is 1. The van der Waals surface area contributed by atoms with Crippen LogP contribution in [0.15, 0.2) is 0 Å². The monoisotopic (exact) mass is 243 g/mol. The van der Waals surface area contributed by atoms with Gasteiger partial charge in [-0.25, -0.2) is 0 Å². The molecule has 5 nitrogen and oxygen atoms in total. The van der Waals surface area contributed by atoms with Crippen LogP contribution in [-0.4, -0.2) is 73.2 Å². The molecule has 17 heavy (non-hydrogen) atoms. The third kappa shape index (κ3) is 4.61. The SMILES string of the molecule is CCCNCC(=O)N1CC(O)CC1CN(C)C. The lowest BCUT2D eigenvalue weighted by atomic mass is 10.2. The summed E-state index contributed by atoms with van der Waals surface area (Å²) in [7, 11) is 3.98. The summed E-state index contributed by atoms with van der Waals surface area (Å²) in [6, 6.07) is 0.149. The van der Waals surface area contributed by atoms with E-state index >= 15 is 0 Å². The van der Waals surface area contributed by atoms with Crippen LogP contribution in [0.1, 0.15) is 19.8 Å². The van der Waals surface area contributed by atoms with Gasteiger partial charge in [0, 0.05) is 19.1 Å². The molecule has 0 radical (unpaired) electrons. The second-order valence-corrected chi connectivity index (χ2v) is 5.03. The smallest absolute Gasteiger partial charge is 0.236 e. The first-order valence-corrected chi connectivity index (χ1v) is 6.37. The summed E-state index contributed by atoms with van der Waals surface area (Å²) >= 11 is 0. The highest BCUT2D eigenvalue weighted by Crippen LogP contribution is 2.18. The molecule has 1 amide bonds. The van der Waals surface area contributed by atoms with E-state index in [1.807, 2.05) is 19.0 Å². The summed E-state index contributed by atoms with van der Waals surface area (Å²) in [5.41, 5.74) is 0. The Balaban J connectivity index is 2.45. The number of carbonyl (C=O) groups is 1. The molecule has 5 heteroatoms. The molecule has 0 bridgehead atoms. The Hall–Kier alpha value is -0.650. The predicted octanol–water partition coefficient (Wildman–Crippen LogP) is -0.491. The molecular formula is C12H25N3O2. The van der Waals surface area contributed by atoms with Gasteiger partial charge in [-0.3, -0.25) is 4.79 Å². The summed E-state index contributed by atoms with van der Waals surface area (Å²) in [4.78, 5) is 15.9. The van der Waals surface area contributed by atoms with Crippen molar-refractivity contribution in [3.05, 3.63) is 0 Å². The molecule has 1 aliphatic rings. The fourth-order valence-corrected chi connectivity index (χ4v) is 2.27. The molecule has 2 N–H and O–H groups in total. The van der Waals surface area contributed by atoms with E-state index in [1.54, 1.807) is 0 Å². The van der Waals surface area contributed by atoms with Gasteiger partial charge in [-0.2, -0.15) is 0 Å². The van der Waals surface area contributed by atoms with Crippen LogP contribution in [0.2, 0.25) is 0 Å². The zero-order chi connectivity index (χ0) is 12.8. The van der Waals surface area contributed by atoms with E-state index in [0.717, 1.165) is 19.5 Å². The van der Waals surface area contributed by atoms with Crippen molar-refractivity contribution < 1.29 is 9.90 Å². The Labute approximate surface area is 104 Å². The van der Waals surface area contributed by atoms with Gasteiger partial charge >= 0.3 is 0 Å². The average molecular weight is 243 g/mol. The van der Waals surface area contributed by atoms with Crippen molar-refractivity contribution in [2.75, 3.05) is 40.3 Å². The first-order valence-electron chi connectivity index (χ1n) is 6.37. The van der Waals surface area contributed by atoms with Crippen LogP contribution < -0.4 is 5.32 Å². The van der Waals surface area contributed by atoms with Gasteiger partial charge in [-0.05, 0) is 33.5 Å². The van der Waals surface area contributed by atoms with E-state index in [9.17, 15) is 9.90 Å². The molecule has 1 fully saturated rings. The number of carbonyl (C=O) groups excluding carboxylic acids is 1. The van der Waals surface area contributed by atoms with Crippen LogP contribution in [0.3, 0.4) is 0 Å². The molecule has 1 heterocycles. The quantitative estimate of drug-likeness (QED) is 0.618. The minimum Gasteiger partial charge on any atom is -0.391 e. The average Bonchev–Trinajstić information content (AvgIpc) is 2.58. The summed E-state index contributed by atoms with van der Waals surface area (Å²) in [6.07, 6.45) is 1.35. The van der Waals surface area contributed by atoms with E-state index in [4.69, 9.17) is 0 Å². The topological polar surface area (TPSA) is 55.8 Å². The summed E-state index contributed by atoms with van der Waals surface area (Å²) in [5, 5.41) is 12.8. The summed E-state index contributed by atoms with van der Waals surface area (Å²) < 4.78 is 0. The number of likely N-dealkylation sites (tertiary alicyclic amines) is 1. The number of hydrogen-bond acceptors (Lipinski definition) is 4. The number of amides is 1. The molecule has 0 aliphatic carbocycles. The van der Waals surface area contributed by atoms with Crippen LogP contribution in [0, 0.1) is 0 Å². The molecule has 2 unspecified atom stereocenters. The first-order chi connectivity index (χ1) is 8.04. The van der Waals surface area contributed by atoms with E-state index in [1.165, 1.54) is 0 Å². The normalized spacial score (nSPS) is 24.6. The molecule has 0 aromatic heterocycles. The third-order valence-electron chi connectivity index (χ3n) is 2.99. The van der Waals surface area contributed by atoms with Gasteiger partial charge < -0.3 is 20.2 Å². The zero-order valence-electron chi connectivity index (χ0n) is 11.1. The molecule has 0 aromatic carbocycles. The number of nitrogens with one attached hydrogen (secondary N) is 1. The van der Waals surface area contributed by atoms with Gasteiger partial charge in [0.1, 0.15) is 0 Å². The fraction of sp³-hybridized carbons (Fsp3) is 0.917. The molecule has 0 saturated carbocycles. The van der Waals surface area contributed by atoms with Crippen molar-refractivity contribution in [3.63, 3.8) is 0 Å². The molecule has 0 aromatic rings. The summed E-state index contributed by atoms with van der Waals surface area (Å²) in [5.74, 6) is 0.0989. The standard InChI is InChI=1S/C12H25N3O2/c1-4-5-13-7-12(17)15-9-11(16)6-10(15)8-14(2)3/h10-11,13,16H,4-9H2,1-3H3. The third-order valence-corrected chi connectivity index (χ3v) is 2.99. The molecule has 2 atom stereocenters. The Kier molecular flexibility index (Phi) is 5.88. The van der Waals surface area contributed by atoms with E-state index < -0.39 is 0 Å². The largest absolute Gasteiger partial charge is 0.391 e. The Morgan fingerprint density at radius 3 is 2.82 bits per heavy atom. The number of likely N-dealkylation sites (N-methyl/N-ethyl adjacent to an activating group) is 1. The zero-order valence-corrected chi connectivity index (χ0v) is 11.1. The van der Waals surface area contributed by atoms with Crippen molar-refractivity contribution in [1.29, 1.82) is 0 Å². The Bertz CT molecular complexity index is 246. The van der Waals surface area contributed by atoms with Crippen molar-refractivity contribution in [2.45, 2.75) is 31.9 Å². The second-order valence-electron chi connectivity index (χ2n) is 5.03. The van der Waals surface area contributed by atoms with Gasteiger partial charge in [-0.1, -0.05) is 6.92 Å². The molecule has 0 spiro atoms. The number of aliphatic hydroxyl groups excluding tert-OH is 1. The predicted molar refractivity (Wildman–Crippen MR) is 67.8 cm³/mol. The lowest BCUT2D eigenvalue weighted by Gasteiger charge is -2.27. The highest BCUT2D eigenvalue weighted by molar-refractivity contribution is 5.79. The van der Waals surface area contributed by atoms with Crippen LogP contribution in [0.4, 0.5) is 0 Å². The van der Waals surface area contributed by atoms with Gasteiger partial charge in [-0.15, -0.1) is 0 Å². The minimum atomic E-state index is -0.366. The minimum absolute atomic E-state index is 0.0989. The van der Waals surface area contributed by atoms with Crippen molar-refractivity contribution >= 4 is 5.91 Å². The Morgan fingerprint density at radius 2 is 2.24 bits per heavy atom. The molecule has 100 valence electrons. The maximum atomic E-state index is 12.0. The van der Waals surface area contributed by atoms with E-state index in [0.29, 0.717) is 19.5 Å². The lowest BCUT2D eigenvalue weighted by Crippen LogP contribution is -2.45. The van der Waals surface area contributed by atoms with Crippen molar-refractivity contribution in [2.24, 2.45) is 0 Å². The van der Waals surface area contributed by atoms with Gasteiger partial charge in [0.2, 0.25) is 5.91 Å². The van der Waals surface area contributed by atoms with Gasteiger partial charge in [0.15, 0.2) is 0 Å². The maximum Gasteiger partial charge on any atom is 0.236 e. The van der Waals surface area contributed by atoms with Crippen LogP contribution in [-0.2, 0) is 4.79 Å². The van der Waals surface area contributed by atoms with Crippen LogP contribution >= 0.6 is 0 Å². The van der Waals surface area contributed by atoms with E-state index in [2.05, 4.69) is 17.1 Å². The van der Waals surface area contributed by atoms with E-state index in [-0.39, 0.29) is 18.1 Å². The molecular weight excluding hydrogens is 218 g/mol. The Morgan fingerprint density at radius 1 is 1.53 bits per heavy atom. The van der Waals surface area contributed by atoms with Gasteiger partial charge in [0.25, 0.3) is 0 Å². The number of hydrogen-bond donors (Lipinski definition) is 2. The maximum absolute atomic E-state index is 12.0. The number of β-amino-alcohol motifs (C(OH)–C–C–N with tert-alkyl or cyclic N) is 1. The number of nitrogens with zero attached hydrogens (tertiary/aromatic N) is 2. The van der Waals surface area contributed by atoms with Crippen LogP contribution in [0.25, 0.3) is 0 Å². The van der Waals surface area contributed by atoms with Crippen LogP contribution in [0.5, 0.6) is 0 Å². The summed E-state index contributed by atoms with van der Waals surface area (Å²) in [6.45, 7) is 4.61. The first kappa shape index (κ1) is 14.4. The molecule has 1 rings (SSSR count). The van der Waals surface area contributed by atoms with Gasteiger partial charge in [0.05, 0.1) is 12.6 Å². The second kappa shape index (κ2) is 6.93. The highest BCUT2D eigenvalue weighted by Gasteiger charge is 2.33.